The fourth-order valence-corrected chi connectivity index (χ4v) is 5.26. The normalized spacial score (nSPS) is 12.3. The topological polar surface area (TPSA) is 82.5 Å². The van der Waals surface area contributed by atoms with Crippen LogP contribution in [0.1, 0.15) is 11.3 Å². The Bertz CT molecular complexity index is 1230. The molecule has 32 heavy (non-hydrogen) atoms. The number of carbonyl (C=O) groups is 1. The molecule has 0 aliphatic carbocycles. The number of hydrogen-bond acceptors (Lipinski definition) is 7. The van der Waals surface area contributed by atoms with E-state index in [1.807, 2.05) is 31.2 Å². The van der Waals surface area contributed by atoms with Gasteiger partial charge in [0.1, 0.15) is 0 Å². The summed E-state index contributed by atoms with van der Waals surface area (Å²) in [6.45, 7) is 1.94. The summed E-state index contributed by atoms with van der Waals surface area (Å²) in [4.78, 5) is 31.3. The van der Waals surface area contributed by atoms with Gasteiger partial charge in [0.05, 0.1) is 36.2 Å². The molecule has 2 heterocycles. The molecule has 0 atom stereocenters. The highest BCUT2D eigenvalue weighted by molar-refractivity contribution is 8.00. The third-order valence-electron chi connectivity index (χ3n) is 5.04. The molecule has 0 bridgehead atoms. The van der Waals surface area contributed by atoms with Crippen LogP contribution in [0.15, 0.2) is 57.3 Å². The molecule has 2 aromatic carbocycles. The van der Waals surface area contributed by atoms with Gasteiger partial charge >= 0.3 is 0 Å². The molecule has 0 fully saturated rings. The number of ether oxygens (including phenoxy) is 2. The van der Waals surface area contributed by atoms with Gasteiger partial charge in [-0.3, -0.25) is 14.2 Å². The number of fused-ring (bicyclic) bond motifs is 1. The Balaban J connectivity index is 1.66. The molecule has 1 aliphatic rings. The first kappa shape index (κ1) is 22.3. The van der Waals surface area contributed by atoms with Gasteiger partial charge in [-0.25, -0.2) is 4.98 Å². The Labute approximate surface area is 194 Å². The highest BCUT2D eigenvalue weighted by atomic mass is 32.2. The van der Waals surface area contributed by atoms with E-state index in [4.69, 9.17) is 14.5 Å². The van der Waals surface area contributed by atoms with Crippen molar-refractivity contribution in [2.24, 2.45) is 0 Å². The number of benzene rings is 2. The first-order chi connectivity index (χ1) is 15.5. The molecule has 1 N–H and O–H groups in total. The number of methoxy groups -OCH3 is 2. The van der Waals surface area contributed by atoms with Crippen LogP contribution in [0, 0.1) is 6.92 Å². The second-order valence-electron chi connectivity index (χ2n) is 7.10. The number of rotatable bonds is 7. The van der Waals surface area contributed by atoms with Gasteiger partial charge in [-0.1, -0.05) is 30.0 Å². The first-order valence-corrected chi connectivity index (χ1v) is 12.0. The Hall–Kier alpha value is -2.91. The maximum Gasteiger partial charge on any atom is 0.272 e. The molecule has 1 aromatic heterocycles. The van der Waals surface area contributed by atoms with Crippen molar-refractivity contribution in [3.05, 3.63) is 64.1 Å². The van der Waals surface area contributed by atoms with Gasteiger partial charge in [-0.15, -0.1) is 11.8 Å². The number of amides is 1. The minimum atomic E-state index is -0.160. The van der Waals surface area contributed by atoms with Crippen molar-refractivity contribution in [1.29, 1.82) is 0 Å². The van der Waals surface area contributed by atoms with Crippen molar-refractivity contribution >= 4 is 35.1 Å². The van der Waals surface area contributed by atoms with Crippen LogP contribution in [0.2, 0.25) is 0 Å². The van der Waals surface area contributed by atoms with Crippen molar-refractivity contribution in [1.82, 2.24) is 9.55 Å². The minimum absolute atomic E-state index is 0.125. The Morgan fingerprint density at radius 2 is 1.97 bits per heavy atom. The fraction of sp³-hybridized carbons (Fsp3) is 0.261. The zero-order chi connectivity index (χ0) is 22.7. The van der Waals surface area contributed by atoms with Crippen LogP contribution in [-0.4, -0.2) is 41.2 Å². The molecule has 0 saturated heterocycles. The highest BCUT2D eigenvalue weighted by Gasteiger charge is 2.23. The molecule has 166 valence electrons. The van der Waals surface area contributed by atoms with E-state index in [1.54, 1.807) is 37.0 Å². The van der Waals surface area contributed by atoms with Crippen molar-refractivity contribution in [3.8, 4) is 17.2 Å². The van der Waals surface area contributed by atoms with Gasteiger partial charge in [0.25, 0.3) is 5.56 Å². The predicted octanol–water partition coefficient (Wildman–Crippen LogP) is 3.94. The number of hydrogen-bond donors (Lipinski definition) is 1. The van der Waals surface area contributed by atoms with Crippen LogP contribution in [-0.2, 0) is 11.2 Å². The SMILES string of the molecule is COc1ccc(-n2c(SCC(=O)Nc3ccccc3C)nc3c(c2=O)SCC3)cc1OC. The van der Waals surface area contributed by atoms with Gasteiger partial charge in [0.2, 0.25) is 5.91 Å². The lowest BCUT2D eigenvalue weighted by Gasteiger charge is -2.16. The summed E-state index contributed by atoms with van der Waals surface area (Å²) in [5, 5.41) is 3.40. The average molecular weight is 470 g/mol. The number of aromatic nitrogens is 2. The van der Waals surface area contributed by atoms with Gasteiger partial charge in [0.15, 0.2) is 16.7 Å². The van der Waals surface area contributed by atoms with Crippen LogP contribution in [0.3, 0.4) is 0 Å². The molecular formula is C23H23N3O4S2. The largest absolute Gasteiger partial charge is 0.493 e. The molecule has 0 radical (unpaired) electrons. The van der Waals surface area contributed by atoms with Crippen molar-refractivity contribution in [2.75, 3.05) is 31.0 Å². The van der Waals surface area contributed by atoms with Crippen molar-refractivity contribution in [3.63, 3.8) is 0 Å². The van der Waals surface area contributed by atoms with Crippen LogP contribution in [0.5, 0.6) is 11.5 Å². The molecule has 4 rings (SSSR count). The van der Waals surface area contributed by atoms with Crippen molar-refractivity contribution < 1.29 is 14.3 Å². The van der Waals surface area contributed by atoms with E-state index in [-0.39, 0.29) is 17.2 Å². The second-order valence-corrected chi connectivity index (χ2v) is 9.15. The summed E-state index contributed by atoms with van der Waals surface area (Å²) in [5.74, 6) is 1.87. The van der Waals surface area contributed by atoms with Crippen LogP contribution < -0.4 is 20.3 Å². The lowest BCUT2D eigenvalue weighted by Crippen LogP contribution is -2.24. The maximum absolute atomic E-state index is 13.3. The minimum Gasteiger partial charge on any atom is -0.493 e. The molecule has 1 aliphatic heterocycles. The monoisotopic (exact) mass is 469 g/mol. The molecule has 7 nitrogen and oxygen atoms in total. The number of para-hydroxylation sites is 1. The average Bonchev–Trinajstić information content (AvgIpc) is 3.28. The maximum atomic E-state index is 13.3. The van der Waals surface area contributed by atoms with Crippen LogP contribution in [0.25, 0.3) is 5.69 Å². The van der Waals surface area contributed by atoms with E-state index in [0.29, 0.717) is 27.2 Å². The molecule has 0 saturated carbocycles. The standard InChI is InChI=1S/C23H23N3O4S2/c1-14-6-4-5-7-16(14)24-20(27)13-32-23-25-17-10-11-31-21(17)22(28)26(23)15-8-9-18(29-2)19(12-15)30-3/h4-9,12H,10-11,13H2,1-3H3,(H,24,27). The molecular weight excluding hydrogens is 446 g/mol. The number of carbonyl (C=O) groups excluding carboxylic acids is 1. The summed E-state index contributed by atoms with van der Waals surface area (Å²) in [6.07, 6.45) is 0.741. The molecule has 0 spiro atoms. The molecule has 1 amide bonds. The Morgan fingerprint density at radius 1 is 1.19 bits per heavy atom. The Morgan fingerprint density at radius 3 is 2.72 bits per heavy atom. The number of nitrogens with one attached hydrogen (secondary N) is 1. The van der Waals surface area contributed by atoms with E-state index in [9.17, 15) is 9.59 Å². The highest BCUT2D eigenvalue weighted by Crippen LogP contribution is 2.33. The van der Waals surface area contributed by atoms with Gasteiger partial charge in [0, 0.05) is 23.9 Å². The molecule has 3 aromatic rings. The summed E-state index contributed by atoms with van der Waals surface area (Å²) < 4.78 is 12.3. The van der Waals surface area contributed by atoms with Gasteiger partial charge < -0.3 is 14.8 Å². The Kier molecular flexibility index (Phi) is 6.76. The van der Waals surface area contributed by atoms with E-state index in [0.717, 1.165) is 29.1 Å². The summed E-state index contributed by atoms with van der Waals surface area (Å²) in [6, 6.07) is 12.9. The summed E-state index contributed by atoms with van der Waals surface area (Å²) in [7, 11) is 3.11. The van der Waals surface area contributed by atoms with E-state index >= 15 is 0 Å². The number of aryl methyl sites for hydroxylation is 2. The van der Waals surface area contributed by atoms with Crippen LogP contribution in [0.4, 0.5) is 5.69 Å². The third-order valence-corrected chi connectivity index (χ3v) is 7.09. The predicted molar refractivity (Wildman–Crippen MR) is 128 cm³/mol. The zero-order valence-corrected chi connectivity index (χ0v) is 19.6. The van der Waals surface area contributed by atoms with Crippen LogP contribution >= 0.6 is 23.5 Å². The van der Waals surface area contributed by atoms with E-state index < -0.39 is 0 Å². The fourth-order valence-electron chi connectivity index (χ4n) is 3.41. The first-order valence-electron chi connectivity index (χ1n) is 10.0. The summed E-state index contributed by atoms with van der Waals surface area (Å²) >= 11 is 2.75. The zero-order valence-electron chi connectivity index (χ0n) is 18.0. The number of anilines is 1. The lowest BCUT2D eigenvalue weighted by atomic mass is 10.2. The van der Waals surface area contributed by atoms with E-state index in [2.05, 4.69) is 5.32 Å². The number of nitrogens with zero attached hydrogens (tertiary/aromatic N) is 2. The quantitative estimate of drug-likeness (QED) is 0.415. The smallest absolute Gasteiger partial charge is 0.272 e. The van der Waals surface area contributed by atoms with Gasteiger partial charge in [-0.2, -0.15) is 0 Å². The van der Waals surface area contributed by atoms with Crippen molar-refractivity contribution in [2.45, 2.75) is 23.4 Å². The lowest BCUT2D eigenvalue weighted by molar-refractivity contribution is -0.113. The van der Waals surface area contributed by atoms with E-state index in [1.165, 1.54) is 23.5 Å². The number of thioether (sulfide) groups is 2. The summed E-state index contributed by atoms with van der Waals surface area (Å²) in [5.41, 5.74) is 3.02. The molecule has 9 heteroatoms. The van der Waals surface area contributed by atoms with Gasteiger partial charge in [-0.05, 0) is 30.7 Å². The second kappa shape index (κ2) is 9.70. The third kappa shape index (κ3) is 4.49. The molecule has 0 unspecified atom stereocenters.